The first-order valence-electron chi connectivity index (χ1n) is 6.96. The molecule has 4 nitrogen and oxygen atoms in total. The van der Waals surface area contributed by atoms with Gasteiger partial charge in [0.05, 0.1) is 0 Å². The van der Waals surface area contributed by atoms with Gasteiger partial charge in [-0.05, 0) is 52.7 Å². The second-order valence-corrected chi connectivity index (χ2v) is 5.62. The highest BCUT2D eigenvalue weighted by atomic mass is 16.4. The van der Waals surface area contributed by atoms with Gasteiger partial charge in [-0.3, -0.25) is 4.79 Å². The van der Waals surface area contributed by atoms with Crippen LogP contribution in [-0.2, 0) is 4.79 Å². The molecule has 0 bridgehead atoms. The summed E-state index contributed by atoms with van der Waals surface area (Å²) in [6, 6.07) is 0. The van der Waals surface area contributed by atoms with Gasteiger partial charge >= 0.3 is 5.97 Å². The Labute approximate surface area is 112 Å². The van der Waals surface area contributed by atoms with Crippen molar-refractivity contribution in [2.24, 2.45) is 5.92 Å². The van der Waals surface area contributed by atoms with Crippen molar-refractivity contribution in [3.63, 3.8) is 0 Å². The van der Waals surface area contributed by atoms with E-state index < -0.39 is 11.5 Å². The second kappa shape index (κ2) is 8.48. The van der Waals surface area contributed by atoms with Gasteiger partial charge in [-0.25, -0.2) is 0 Å². The lowest BCUT2D eigenvalue weighted by atomic mass is 9.95. The molecule has 0 aromatic carbocycles. The zero-order valence-corrected chi connectivity index (χ0v) is 12.6. The molecule has 0 aliphatic heterocycles. The van der Waals surface area contributed by atoms with E-state index in [0.29, 0.717) is 6.42 Å². The molecular weight excluding hydrogens is 228 g/mol. The van der Waals surface area contributed by atoms with Crippen LogP contribution in [0, 0.1) is 5.92 Å². The minimum Gasteiger partial charge on any atom is -0.480 e. The molecule has 0 aromatic rings. The number of aliphatic carboxylic acids is 1. The third-order valence-electron chi connectivity index (χ3n) is 3.81. The van der Waals surface area contributed by atoms with Crippen LogP contribution in [0.3, 0.4) is 0 Å². The van der Waals surface area contributed by atoms with E-state index in [2.05, 4.69) is 31.1 Å². The van der Waals surface area contributed by atoms with Crippen molar-refractivity contribution >= 4 is 5.97 Å². The summed E-state index contributed by atoms with van der Waals surface area (Å²) >= 11 is 0. The first-order valence-corrected chi connectivity index (χ1v) is 6.96. The van der Waals surface area contributed by atoms with Crippen LogP contribution in [0.15, 0.2) is 0 Å². The third-order valence-corrected chi connectivity index (χ3v) is 3.81. The summed E-state index contributed by atoms with van der Waals surface area (Å²) in [7, 11) is 3.85. The summed E-state index contributed by atoms with van der Waals surface area (Å²) in [5, 5.41) is 12.0. The molecule has 2 unspecified atom stereocenters. The van der Waals surface area contributed by atoms with Gasteiger partial charge in [0.1, 0.15) is 5.54 Å². The maximum absolute atomic E-state index is 11.1. The largest absolute Gasteiger partial charge is 0.480 e. The maximum atomic E-state index is 11.1. The lowest BCUT2D eigenvalue weighted by Gasteiger charge is -2.25. The number of rotatable bonds is 10. The van der Waals surface area contributed by atoms with E-state index in [-0.39, 0.29) is 0 Å². The Morgan fingerprint density at radius 2 is 2.06 bits per heavy atom. The van der Waals surface area contributed by atoms with Crippen molar-refractivity contribution in [3.05, 3.63) is 0 Å². The normalized spacial score (nSPS) is 16.6. The van der Waals surface area contributed by atoms with Crippen molar-refractivity contribution in [1.29, 1.82) is 0 Å². The van der Waals surface area contributed by atoms with Gasteiger partial charge in [0.15, 0.2) is 0 Å². The quantitative estimate of drug-likeness (QED) is 0.590. The Morgan fingerprint density at radius 1 is 1.44 bits per heavy atom. The van der Waals surface area contributed by atoms with Crippen LogP contribution >= 0.6 is 0 Å². The van der Waals surface area contributed by atoms with Crippen LogP contribution in [0.25, 0.3) is 0 Å². The molecule has 18 heavy (non-hydrogen) atoms. The van der Waals surface area contributed by atoms with E-state index >= 15 is 0 Å². The van der Waals surface area contributed by atoms with Gasteiger partial charge in [-0.1, -0.05) is 20.3 Å². The zero-order valence-electron chi connectivity index (χ0n) is 12.6. The number of carboxylic acids is 1. The minimum absolute atomic E-state index is 0.677. The number of carboxylic acid groups (broad SMARTS) is 1. The molecule has 0 spiro atoms. The molecule has 0 saturated heterocycles. The zero-order chi connectivity index (χ0) is 14.2. The number of nitrogens with one attached hydrogen (secondary N) is 1. The van der Waals surface area contributed by atoms with Gasteiger partial charge in [0.2, 0.25) is 0 Å². The van der Waals surface area contributed by atoms with E-state index in [9.17, 15) is 4.79 Å². The molecular formula is C14H30N2O2. The average Bonchev–Trinajstić information content (AvgIpc) is 2.33. The molecule has 108 valence electrons. The molecule has 0 aliphatic rings. The van der Waals surface area contributed by atoms with Gasteiger partial charge in [-0.2, -0.15) is 0 Å². The van der Waals surface area contributed by atoms with Crippen molar-refractivity contribution in [1.82, 2.24) is 10.2 Å². The standard InChI is InChI=1S/C14H30N2O2/c1-6-12(2)11-16(5)10-8-7-9-14(3,15-4)13(17)18/h12,15H,6-11H2,1-5H3,(H,17,18). The highest BCUT2D eigenvalue weighted by molar-refractivity contribution is 5.78. The number of unbranched alkanes of at least 4 members (excludes halogenated alkanes) is 1. The van der Waals surface area contributed by atoms with Crippen LogP contribution in [0.2, 0.25) is 0 Å². The Kier molecular flexibility index (Phi) is 8.20. The first kappa shape index (κ1) is 17.4. The van der Waals surface area contributed by atoms with Gasteiger partial charge in [-0.15, -0.1) is 0 Å². The van der Waals surface area contributed by atoms with E-state index in [1.807, 2.05) is 0 Å². The topological polar surface area (TPSA) is 52.6 Å². The van der Waals surface area contributed by atoms with Crippen molar-refractivity contribution in [2.45, 2.75) is 52.0 Å². The molecule has 0 aromatic heterocycles. The van der Waals surface area contributed by atoms with Gasteiger partial charge < -0.3 is 15.3 Å². The van der Waals surface area contributed by atoms with Crippen LogP contribution in [0.4, 0.5) is 0 Å². The predicted octanol–water partition coefficient (Wildman–Crippen LogP) is 2.20. The molecule has 0 heterocycles. The molecule has 0 aliphatic carbocycles. The Bertz CT molecular complexity index is 246. The fourth-order valence-electron chi connectivity index (χ4n) is 1.95. The number of nitrogens with zero attached hydrogens (tertiary/aromatic N) is 1. The second-order valence-electron chi connectivity index (χ2n) is 5.62. The van der Waals surface area contributed by atoms with Gasteiger partial charge in [0, 0.05) is 6.54 Å². The lowest BCUT2D eigenvalue weighted by molar-refractivity contribution is -0.144. The fraction of sp³-hybridized carbons (Fsp3) is 0.929. The number of hydrogen-bond acceptors (Lipinski definition) is 3. The highest BCUT2D eigenvalue weighted by Gasteiger charge is 2.30. The smallest absolute Gasteiger partial charge is 0.323 e. The van der Waals surface area contributed by atoms with Crippen molar-refractivity contribution in [2.75, 3.05) is 27.2 Å². The Morgan fingerprint density at radius 3 is 2.50 bits per heavy atom. The molecule has 2 atom stereocenters. The molecule has 0 amide bonds. The van der Waals surface area contributed by atoms with E-state index in [1.165, 1.54) is 6.42 Å². The van der Waals surface area contributed by atoms with Crippen molar-refractivity contribution < 1.29 is 9.90 Å². The SMILES string of the molecule is CCC(C)CN(C)CCCCC(C)(NC)C(=O)O. The molecule has 0 fully saturated rings. The van der Waals surface area contributed by atoms with Crippen LogP contribution in [-0.4, -0.2) is 48.7 Å². The Balaban J connectivity index is 3.82. The third kappa shape index (κ3) is 6.36. The van der Waals surface area contributed by atoms with Gasteiger partial charge in [0.25, 0.3) is 0 Å². The minimum atomic E-state index is -0.782. The number of hydrogen-bond donors (Lipinski definition) is 2. The molecule has 2 N–H and O–H groups in total. The lowest BCUT2D eigenvalue weighted by Crippen LogP contribution is -2.47. The van der Waals surface area contributed by atoms with E-state index in [0.717, 1.165) is 31.8 Å². The van der Waals surface area contributed by atoms with Crippen LogP contribution in [0.1, 0.15) is 46.5 Å². The monoisotopic (exact) mass is 258 g/mol. The van der Waals surface area contributed by atoms with E-state index in [4.69, 9.17) is 5.11 Å². The van der Waals surface area contributed by atoms with Crippen LogP contribution < -0.4 is 5.32 Å². The number of likely N-dealkylation sites (N-methyl/N-ethyl adjacent to an activating group) is 1. The molecule has 0 rings (SSSR count). The summed E-state index contributed by atoms with van der Waals surface area (Å²) in [6.07, 6.45) is 3.88. The average molecular weight is 258 g/mol. The fourth-order valence-corrected chi connectivity index (χ4v) is 1.95. The van der Waals surface area contributed by atoms with E-state index in [1.54, 1.807) is 14.0 Å². The molecule has 4 heteroatoms. The van der Waals surface area contributed by atoms with Crippen molar-refractivity contribution in [3.8, 4) is 0 Å². The van der Waals surface area contributed by atoms with Crippen LogP contribution in [0.5, 0.6) is 0 Å². The maximum Gasteiger partial charge on any atom is 0.323 e. The summed E-state index contributed by atoms with van der Waals surface area (Å²) in [5.41, 5.74) is -0.782. The molecule has 0 saturated carbocycles. The summed E-state index contributed by atoms with van der Waals surface area (Å²) in [4.78, 5) is 13.4. The first-order chi connectivity index (χ1) is 8.35. The highest BCUT2D eigenvalue weighted by Crippen LogP contribution is 2.14. The summed E-state index contributed by atoms with van der Waals surface area (Å²) < 4.78 is 0. The summed E-state index contributed by atoms with van der Waals surface area (Å²) in [5.74, 6) is -0.0328. The molecule has 0 radical (unpaired) electrons. The summed E-state index contributed by atoms with van der Waals surface area (Å²) in [6.45, 7) is 8.39. The number of carbonyl (C=O) groups is 1. The predicted molar refractivity (Wildman–Crippen MR) is 75.9 cm³/mol. The Hall–Kier alpha value is -0.610.